The summed E-state index contributed by atoms with van der Waals surface area (Å²) < 4.78 is 4.62. The fraction of sp³-hybridized carbons (Fsp3) is 0.214. The Bertz CT molecular complexity index is 549. The summed E-state index contributed by atoms with van der Waals surface area (Å²) in [4.78, 5) is 11.1. The number of hydrogen-bond acceptors (Lipinski definition) is 3. The Labute approximate surface area is 100 Å². The van der Waals surface area contributed by atoms with Crippen LogP contribution in [0.5, 0.6) is 0 Å². The quantitative estimate of drug-likeness (QED) is 0.650. The molecule has 0 heterocycles. The van der Waals surface area contributed by atoms with E-state index in [1.165, 1.54) is 7.11 Å². The Morgan fingerprint density at radius 1 is 1.29 bits per heavy atom. The Balaban J connectivity index is 2.25. The highest BCUT2D eigenvalue weighted by atomic mass is 16.5. The molecule has 0 radical (unpaired) electrons. The summed E-state index contributed by atoms with van der Waals surface area (Å²) in [5.74, 6) is -0.189. The predicted octanol–water partition coefficient (Wildman–Crippen LogP) is 2.53. The van der Waals surface area contributed by atoms with Crippen molar-refractivity contribution in [2.75, 3.05) is 12.8 Å². The van der Waals surface area contributed by atoms with Crippen molar-refractivity contribution in [3.63, 3.8) is 0 Å². The smallest absolute Gasteiger partial charge is 0.305 e. The van der Waals surface area contributed by atoms with E-state index < -0.39 is 0 Å². The van der Waals surface area contributed by atoms with E-state index in [0.29, 0.717) is 12.8 Å². The Morgan fingerprint density at radius 2 is 2.12 bits per heavy atom. The fourth-order valence-corrected chi connectivity index (χ4v) is 1.85. The van der Waals surface area contributed by atoms with Crippen molar-refractivity contribution in [3.05, 3.63) is 42.0 Å². The van der Waals surface area contributed by atoms with Gasteiger partial charge in [-0.05, 0) is 29.5 Å². The Morgan fingerprint density at radius 3 is 2.88 bits per heavy atom. The van der Waals surface area contributed by atoms with Gasteiger partial charge in [-0.15, -0.1) is 0 Å². The monoisotopic (exact) mass is 229 g/mol. The number of rotatable bonds is 3. The molecule has 0 bridgehead atoms. The maximum Gasteiger partial charge on any atom is 0.305 e. The molecule has 0 unspecified atom stereocenters. The number of nitrogens with two attached hydrogens (primary N) is 1. The zero-order valence-electron chi connectivity index (χ0n) is 9.77. The third-order valence-corrected chi connectivity index (χ3v) is 2.83. The molecule has 3 nitrogen and oxygen atoms in total. The average molecular weight is 229 g/mol. The van der Waals surface area contributed by atoms with Crippen LogP contribution in [0.15, 0.2) is 36.4 Å². The largest absolute Gasteiger partial charge is 0.469 e. The number of aryl methyl sites for hydroxylation is 1. The van der Waals surface area contributed by atoms with Crippen LogP contribution in [-0.2, 0) is 16.0 Å². The number of anilines is 1. The van der Waals surface area contributed by atoms with Gasteiger partial charge in [0.2, 0.25) is 0 Å². The maximum absolute atomic E-state index is 11.1. The molecule has 0 aliphatic carbocycles. The third kappa shape index (κ3) is 2.56. The van der Waals surface area contributed by atoms with E-state index in [1.54, 1.807) is 0 Å². The molecule has 0 saturated heterocycles. The van der Waals surface area contributed by atoms with Gasteiger partial charge in [0.25, 0.3) is 0 Å². The van der Waals surface area contributed by atoms with E-state index in [-0.39, 0.29) is 5.97 Å². The second-order valence-corrected chi connectivity index (χ2v) is 3.98. The lowest BCUT2D eigenvalue weighted by Crippen LogP contribution is -2.01. The molecule has 88 valence electrons. The molecule has 2 rings (SSSR count). The molecule has 0 aromatic heterocycles. The first-order chi connectivity index (χ1) is 8.20. The van der Waals surface area contributed by atoms with Gasteiger partial charge < -0.3 is 10.5 Å². The number of benzene rings is 2. The summed E-state index contributed by atoms with van der Waals surface area (Å²) in [5, 5.41) is 2.15. The van der Waals surface area contributed by atoms with Crippen LogP contribution in [0.25, 0.3) is 10.8 Å². The highest BCUT2D eigenvalue weighted by Gasteiger charge is 2.03. The van der Waals surface area contributed by atoms with Gasteiger partial charge in [-0.25, -0.2) is 0 Å². The molecule has 0 aliphatic heterocycles. The average Bonchev–Trinajstić information content (AvgIpc) is 2.36. The molecule has 2 aromatic carbocycles. The highest BCUT2D eigenvalue weighted by Crippen LogP contribution is 2.22. The minimum absolute atomic E-state index is 0.189. The topological polar surface area (TPSA) is 52.3 Å². The van der Waals surface area contributed by atoms with Crippen LogP contribution in [0.1, 0.15) is 12.0 Å². The van der Waals surface area contributed by atoms with Gasteiger partial charge in [0, 0.05) is 17.5 Å². The lowest BCUT2D eigenvalue weighted by Gasteiger charge is -2.05. The number of nitrogen functional groups attached to an aromatic ring is 1. The number of carbonyl (C=O) groups excluding carboxylic acids is 1. The second kappa shape index (κ2) is 4.87. The summed E-state index contributed by atoms with van der Waals surface area (Å²) in [6.07, 6.45) is 1.08. The molecule has 0 amide bonds. The van der Waals surface area contributed by atoms with E-state index in [9.17, 15) is 4.79 Å². The van der Waals surface area contributed by atoms with Gasteiger partial charge in [-0.1, -0.05) is 24.3 Å². The molecule has 0 aliphatic rings. The van der Waals surface area contributed by atoms with E-state index >= 15 is 0 Å². The van der Waals surface area contributed by atoms with Crippen LogP contribution in [-0.4, -0.2) is 13.1 Å². The molecular formula is C14H15NO2. The van der Waals surface area contributed by atoms with Crippen LogP contribution in [0.2, 0.25) is 0 Å². The van der Waals surface area contributed by atoms with E-state index in [4.69, 9.17) is 5.73 Å². The van der Waals surface area contributed by atoms with Crippen molar-refractivity contribution in [1.29, 1.82) is 0 Å². The van der Waals surface area contributed by atoms with Crippen LogP contribution in [0.3, 0.4) is 0 Å². The first-order valence-corrected chi connectivity index (χ1v) is 5.54. The van der Waals surface area contributed by atoms with Gasteiger partial charge in [-0.3, -0.25) is 4.79 Å². The van der Waals surface area contributed by atoms with E-state index in [1.807, 2.05) is 36.4 Å². The van der Waals surface area contributed by atoms with Crippen LogP contribution >= 0.6 is 0 Å². The van der Waals surface area contributed by atoms with Crippen molar-refractivity contribution in [1.82, 2.24) is 0 Å². The van der Waals surface area contributed by atoms with Crippen molar-refractivity contribution >= 4 is 22.4 Å². The normalized spacial score (nSPS) is 10.4. The zero-order valence-corrected chi connectivity index (χ0v) is 9.77. The number of esters is 1. The number of hydrogen-bond donors (Lipinski definition) is 1. The van der Waals surface area contributed by atoms with Crippen molar-refractivity contribution < 1.29 is 9.53 Å². The Kier molecular flexibility index (Phi) is 3.28. The van der Waals surface area contributed by atoms with E-state index in [2.05, 4.69) is 4.74 Å². The molecule has 2 aromatic rings. The minimum Gasteiger partial charge on any atom is -0.469 e. The number of ether oxygens (including phenoxy) is 1. The molecular weight excluding hydrogens is 214 g/mol. The van der Waals surface area contributed by atoms with Gasteiger partial charge in [-0.2, -0.15) is 0 Å². The van der Waals surface area contributed by atoms with E-state index in [0.717, 1.165) is 22.0 Å². The zero-order chi connectivity index (χ0) is 12.3. The molecule has 17 heavy (non-hydrogen) atoms. The fourth-order valence-electron chi connectivity index (χ4n) is 1.85. The third-order valence-electron chi connectivity index (χ3n) is 2.83. The summed E-state index contributed by atoms with van der Waals surface area (Å²) in [5.41, 5.74) is 7.78. The lowest BCUT2D eigenvalue weighted by atomic mass is 10.0. The van der Waals surface area contributed by atoms with Crippen molar-refractivity contribution in [2.45, 2.75) is 12.8 Å². The standard InChI is InChI=1S/C14H15NO2/c1-17-14(16)8-6-10-5-7-11-3-2-4-13(15)12(11)9-10/h2-5,7,9H,6,8,15H2,1H3. The van der Waals surface area contributed by atoms with Gasteiger partial charge in [0.05, 0.1) is 7.11 Å². The van der Waals surface area contributed by atoms with Crippen LogP contribution in [0, 0.1) is 0 Å². The van der Waals surface area contributed by atoms with Crippen LogP contribution in [0.4, 0.5) is 5.69 Å². The minimum atomic E-state index is -0.189. The highest BCUT2D eigenvalue weighted by molar-refractivity contribution is 5.93. The second-order valence-electron chi connectivity index (χ2n) is 3.98. The van der Waals surface area contributed by atoms with Crippen molar-refractivity contribution in [2.24, 2.45) is 0 Å². The summed E-state index contributed by atoms with van der Waals surface area (Å²) in [6.45, 7) is 0. The summed E-state index contributed by atoms with van der Waals surface area (Å²) in [7, 11) is 1.40. The number of carbonyl (C=O) groups is 1. The molecule has 0 spiro atoms. The molecule has 0 saturated carbocycles. The maximum atomic E-state index is 11.1. The van der Waals surface area contributed by atoms with Gasteiger partial charge in [0.15, 0.2) is 0 Å². The molecule has 2 N–H and O–H groups in total. The summed E-state index contributed by atoms with van der Waals surface area (Å²) in [6, 6.07) is 11.9. The number of fused-ring (bicyclic) bond motifs is 1. The predicted molar refractivity (Wildman–Crippen MR) is 68.7 cm³/mol. The summed E-state index contributed by atoms with van der Waals surface area (Å²) >= 11 is 0. The first kappa shape index (κ1) is 11.5. The first-order valence-electron chi connectivity index (χ1n) is 5.54. The van der Waals surface area contributed by atoms with Gasteiger partial charge in [0.1, 0.15) is 0 Å². The van der Waals surface area contributed by atoms with Gasteiger partial charge >= 0.3 is 5.97 Å². The molecule has 0 fully saturated rings. The van der Waals surface area contributed by atoms with Crippen molar-refractivity contribution in [3.8, 4) is 0 Å². The Hall–Kier alpha value is -2.03. The van der Waals surface area contributed by atoms with Crippen LogP contribution < -0.4 is 5.73 Å². The SMILES string of the molecule is COC(=O)CCc1ccc2cccc(N)c2c1. The molecule has 3 heteroatoms. The lowest BCUT2D eigenvalue weighted by molar-refractivity contribution is -0.140. The molecule has 0 atom stereocenters. The number of methoxy groups -OCH3 is 1.